The van der Waals surface area contributed by atoms with E-state index in [1.54, 1.807) is 0 Å². The number of hydroxylamine groups is 1. The van der Waals surface area contributed by atoms with Crippen molar-refractivity contribution in [3.8, 4) is 0 Å². The van der Waals surface area contributed by atoms with E-state index in [0.29, 0.717) is 6.04 Å². The van der Waals surface area contributed by atoms with Crippen LogP contribution in [-0.4, -0.2) is 33.5 Å². The molecular weight excluding hydrogens is 284 g/mol. The van der Waals surface area contributed by atoms with Gasteiger partial charge in [-0.2, -0.15) is 0 Å². The Kier molecular flexibility index (Phi) is 6.00. The van der Waals surface area contributed by atoms with Crippen molar-refractivity contribution in [1.82, 2.24) is 4.90 Å². The van der Waals surface area contributed by atoms with Crippen LogP contribution in [0.1, 0.15) is 52.5 Å². The summed E-state index contributed by atoms with van der Waals surface area (Å²) in [6, 6.07) is 11.0. The summed E-state index contributed by atoms with van der Waals surface area (Å²) in [6.45, 7) is 8.84. The molecule has 23 heavy (non-hydrogen) atoms. The topological polar surface area (TPSA) is 29.3 Å². The largest absolute Gasteiger partial charge is 0.624 e. The fourth-order valence-electron chi connectivity index (χ4n) is 2.93. The third-order valence-electron chi connectivity index (χ3n) is 4.40. The number of rotatable bonds is 5. The van der Waals surface area contributed by atoms with Gasteiger partial charge in [0.2, 0.25) is 0 Å². The first-order chi connectivity index (χ1) is 10.9. The Bertz CT molecular complexity index is 543. The third-order valence-corrected chi connectivity index (χ3v) is 4.40. The molecule has 0 amide bonds. The standard InChI is InChI=1S/C20H30N2O/c1-17(15-22(23)20(2,3)4)21(19-13-9-6-10-14-19)16-18-11-7-5-8-12-18/h5,7-9,11-13,15,17,19H,6,10,14,16H2,1-4H3/b22-15-/t17-,19-/m0/s1. The van der Waals surface area contributed by atoms with Crippen LogP contribution in [-0.2, 0) is 6.54 Å². The van der Waals surface area contributed by atoms with Crippen molar-refractivity contribution in [2.75, 3.05) is 0 Å². The van der Waals surface area contributed by atoms with Gasteiger partial charge in [-0.15, -0.1) is 0 Å². The number of benzene rings is 1. The van der Waals surface area contributed by atoms with E-state index in [4.69, 9.17) is 0 Å². The smallest absolute Gasteiger partial charge is 0.168 e. The van der Waals surface area contributed by atoms with E-state index in [1.165, 1.54) is 18.4 Å². The van der Waals surface area contributed by atoms with Crippen LogP contribution in [0, 0.1) is 5.21 Å². The number of allylic oxidation sites excluding steroid dienone is 1. The molecule has 2 atom stereocenters. The van der Waals surface area contributed by atoms with Gasteiger partial charge in [-0.1, -0.05) is 42.5 Å². The lowest BCUT2D eigenvalue weighted by atomic mass is 9.99. The maximum absolute atomic E-state index is 12.3. The summed E-state index contributed by atoms with van der Waals surface area (Å²) in [5, 5.41) is 12.3. The van der Waals surface area contributed by atoms with Crippen LogP contribution in [0.25, 0.3) is 0 Å². The molecule has 1 aliphatic rings. The Balaban J connectivity index is 2.22. The van der Waals surface area contributed by atoms with Gasteiger partial charge in [-0.3, -0.25) is 4.90 Å². The molecule has 0 aliphatic heterocycles. The molecule has 0 fully saturated rings. The maximum atomic E-state index is 12.3. The average Bonchev–Trinajstić information content (AvgIpc) is 2.53. The molecule has 3 nitrogen and oxygen atoms in total. The molecule has 1 aromatic carbocycles. The van der Waals surface area contributed by atoms with Crippen LogP contribution < -0.4 is 0 Å². The van der Waals surface area contributed by atoms with Crippen molar-refractivity contribution < 1.29 is 4.74 Å². The van der Waals surface area contributed by atoms with Crippen molar-refractivity contribution in [2.45, 2.75) is 71.1 Å². The van der Waals surface area contributed by atoms with Crippen LogP contribution in [0.4, 0.5) is 0 Å². The zero-order valence-electron chi connectivity index (χ0n) is 14.9. The van der Waals surface area contributed by atoms with E-state index in [2.05, 4.69) is 48.2 Å². The summed E-state index contributed by atoms with van der Waals surface area (Å²) in [7, 11) is 0. The molecule has 0 unspecified atom stereocenters. The molecule has 0 bridgehead atoms. The van der Waals surface area contributed by atoms with Gasteiger partial charge in [0.1, 0.15) is 0 Å². The van der Waals surface area contributed by atoms with Gasteiger partial charge in [-0.05, 0) is 31.7 Å². The van der Waals surface area contributed by atoms with Crippen molar-refractivity contribution in [1.29, 1.82) is 0 Å². The van der Waals surface area contributed by atoms with Crippen LogP contribution in [0.5, 0.6) is 0 Å². The van der Waals surface area contributed by atoms with Crippen molar-refractivity contribution >= 4 is 6.21 Å². The molecule has 0 radical (unpaired) electrons. The van der Waals surface area contributed by atoms with E-state index in [-0.39, 0.29) is 6.04 Å². The highest BCUT2D eigenvalue weighted by molar-refractivity contribution is 5.59. The average molecular weight is 314 g/mol. The second kappa shape index (κ2) is 7.78. The predicted molar refractivity (Wildman–Crippen MR) is 97.7 cm³/mol. The van der Waals surface area contributed by atoms with Gasteiger partial charge in [0.15, 0.2) is 11.8 Å². The molecule has 2 rings (SSSR count). The highest BCUT2D eigenvalue weighted by atomic mass is 16.5. The number of hydrogen-bond acceptors (Lipinski definition) is 2. The highest BCUT2D eigenvalue weighted by Crippen LogP contribution is 2.21. The molecule has 0 aromatic heterocycles. The zero-order chi connectivity index (χ0) is 16.9. The second-order valence-electron chi connectivity index (χ2n) is 7.47. The van der Waals surface area contributed by atoms with Crippen LogP contribution >= 0.6 is 0 Å². The van der Waals surface area contributed by atoms with E-state index in [0.717, 1.165) is 17.7 Å². The van der Waals surface area contributed by atoms with Gasteiger partial charge in [0, 0.05) is 33.4 Å². The lowest BCUT2D eigenvalue weighted by molar-refractivity contribution is -0.532. The highest BCUT2D eigenvalue weighted by Gasteiger charge is 2.26. The monoisotopic (exact) mass is 314 g/mol. The van der Waals surface area contributed by atoms with Crippen LogP contribution in [0.2, 0.25) is 0 Å². The van der Waals surface area contributed by atoms with Gasteiger partial charge in [0.25, 0.3) is 0 Å². The molecule has 3 heteroatoms. The summed E-state index contributed by atoms with van der Waals surface area (Å²) >= 11 is 0. The minimum absolute atomic E-state index is 0.0969. The van der Waals surface area contributed by atoms with E-state index >= 15 is 0 Å². The summed E-state index contributed by atoms with van der Waals surface area (Å²) in [4.78, 5) is 2.43. The Morgan fingerprint density at radius 2 is 2.00 bits per heavy atom. The first-order valence-electron chi connectivity index (χ1n) is 8.66. The summed E-state index contributed by atoms with van der Waals surface area (Å²) in [5.74, 6) is 0. The minimum Gasteiger partial charge on any atom is -0.624 e. The van der Waals surface area contributed by atoms with E-state index in [1.807, 2.05) is 33.1 Å². The third kappa shape index (κ3) is 5.21. The number of nitrogens with zero attached hydrogens (tertiary/aromatic N) is 2. The van der Waals surface area contributed by atoms with E-state index in [9.17, 15) is 5.21 Å². The Hall–Kier alpha value is -1.61. The normalized spacial score (nSPS) is 20.7. The minimum atomic E-state index is -0.394. The molecule has 0 spiro atoms. The SMILES string of the molecule is C[C@@H](/C=[N+](\[O-])C(C)(C)C)N(Cc1ccccc1)[C@H]1C=CCCC1. The first-order valence-corrected chi connectivity index (χ1v) is 8.66. The molecule has 0 saturated heterocycles. The summed E-state index contributed by atoms with van der Waals surface area (Å²) in [5.41, 5.74) is 0.898. The summed E-state index contributed by atoms with van der Waals surface area (Å²) < 4.78 is 1.10. The molecule has 0 heterocycles. The van der Waals surface area contributed by atoms with Gasteiger partial charge in [0.05, 0.1) is 6.04 Å². The molecule has 1 aliphatic carbocycles. The van der Waals surface area contributed by atoms with Gasteiger partial charge < -0.3 is 5.21 Å². The summed E-state index contributed by atoms with van der Waals surface area (Å²) in [6.07, 6.45) is 9.96. The lowest BCUT2D eigenvalue weighted by Crippen LogP contribution is -2.44. The first kappa shape index (κ1) is 17.7. The van der Waals surface area contributed by atoms with Crippen molar-refractivity contribution in [2.24, 2.45) is 0 Å². The van der Waals surface area contributed by atoms with E-state index < -0.39 is 5.54 Å². The molecule has 0 N–H and O–H groups in total. The van der Waals surface area contributed by atoms with Gasteiger partial charge >= 0.3 is 0 Å². The zero-order valence-corrected chi connectivity index (χ0v) is 14.9. The second-order valence-corrected chi connectivity index (χ2v) is 7.47. The Morgan fingerprint density at radius 3 is 2.57 bits per heavy atom. The fraction of sp³-hybridized carbons (Fsp3) is 0.550. The Labute approximate surface area is 140 Å². The van der Waals surface area contributed by atoms with Crippen LogP contribution in [0.15, 0.2) is 42.5 Å². The lowest BCUT2D eigenvalue weighted by Gasteiger charge is -2.34. The van der Waals surface area contributed by atoms with Crippen molar-refractivity contribution in [3.63, 3.8) is 0 Å². The Morgan fingerprint density at radius 1 is 1.30 bits per heavy atom. The molecular formula is C20H30N2O. The quantitative estimate of drug-likeness (QED) is 0.266. The fourth-order valence-corrected chi connectivity index (χ4v) is 2.93. The molecule has 126 valence electrons. The molecule has 1 aromatic rings. The van der Waals surface area contributed by atoms with Crippen molar-refractivity contribution in [3.05, 3.63) is 53.3 Å². The van der Waals surface area contributed by atoms with Crippen LogP contribution in [0.3, 0.4) is 0 Å². The molecule has 0 saturated carbocycles. The number of hydrogen-bond donors (Lipinski definition) is 0. The predicted octanol–water partition coefficient (Wildman–Crippen LogP) is 4.37. The van der Waals surface area contributed by atoms with Gasteiger partial charge in [-0.25, -0.2) is 4.74 Å². The maximum Gasteiger partial charge on any atom is 0.168 e.